The molecule has 0 unspecified atom stereocenters. The van der Waals surface area contributed by atoms with E-state index < -0.39 is 17.7 Å². The van der Waals surface area contributed by atoms with Gasteiger partial charge in [-0.1, -0.05) is 30.3 Å². The van der Waals surface area contributed by atoms with Crippen molar-refractivity contribution in [2.75, 3.05) is 13.2 Å². The topological polar surface area (TPSA) is 103 Å². The maximum atomic E-state index is 13.2. The highest BCUT2D eigenvalue weighted by Gasteiger charge is 2.28. The maximum Gasteiger partial charge on any atom is 0.348 e. The summed E-state index contributed by atoms with van der Waals surface area (Å²) in [5, 5.41) is 9.79. The van der Waals surface area contributed by atoms with Crippen LogP contribution in [0.1, 0.15) is 55.4 Å². The highest BCUT2D eigenvalue weighted by atomic mass is 127. The molecule has 1 aromatic heterocycles. The van der Waals surface area contributed by atoms with E-state index >= 15 is 0 Å². The Balaban J connectivity index is 1.87. The molecule has 3 aromatic rings. The second-order valence-corrected chi connectivity index (χ2v) is 11.6. The number of rotatable bonds is 11. The summed E-state index contributed by atoms with van der Waals surface area (Å²) in [5.41, 5.74) is 2.21. The molecule has 202 valence electrons. The summed E-state index contributed by atoms with van der Waals surface area (Å²) in [7, 11) is 0. The molecule has 1 heterocycles. The first kappa shape index (κ1) is 30.8. The molecule has 0 N–H and O–H groups in total. The normalized spacial score (nSPS) is 11.0. The van der Waals surface area contributed by atoms with Crippen molar-refractivity contribution in [1.29, 1.82) is 5.26 Å². The highest BCUT2D eigenvalue weighted by Crippen LogP contribution is 2.32. The monoisotopic (exact) mass is 769 g/mol. The predicted molar refractivity (Wildman–Crippen MR) is 166 cm³/mol. The Labute approximate surface area is 258 Å². The van der Waals surface area contributed by atoms with Gasteiger partial charge in [0.05, 0.1) is 31.5 Å². The second kappa shape index (κ2) is 14.6. The van der Waals surface area contributed by atoms with Crippen molar-refractivity contribution in [1.82, 2.24) is 0 Å². The van der Waals surface area contributed by atoms with Gasteiger partial charge < -0.3 is 14.2 Å². The number of nitrogens with zero attached hydrogens (tertiary/aromatic N) is 1. The van der Waals surface area contributed by atoms with E-state index in [1.165, 1.54) is 6.08 Å². The van der Waals surface area contributed by atoms with Crippen LogP contribution < -0.4 is 4.74 Å². The Bertz CT molecular complexity index is 1430. The van der Waals surface area contributed by atoms with Gasteiger partial charge >= 0.3 is 11.9 Å². The summed E-state index contributed by atoms with van der Waals surface area (Å²) in [6, 6.07) is 15.5. The van der Waals surface area contributed by atoms with Gasteiger partial charge in [-0.15, -0.1) is 11.3 Å². The molecular weight excluding hydrogens is 744 g/mol. The Hall–Kier alpha value is -2.76. The number of halogens is 2. The first-order valence-electron chi connectivity index (χ1n) is 12.0. The molecule has 0 aliphatic heterocycles. The number of nitriles is 1. The lowest BCUT2D eigenvalue weighted by Gasteiger charge is -2.12. The summed E-state index contributed by atoms with van der Waals surface area (Å²) in [6.45, 7) is 5.71. The highest BCUT2D eigenvalue weighted by molar-refractivity contribution is 14.1. The molecule has 39 heavy (non-hydrogen) atoms. The van der Waals surface area contributed by atoms with E-state index in [9.17, 15) is 19.6 Å². The van der Waals surface area contributed by atoms with Crippen LogP contribution in [0.15, 0.2) is 48.0 Å². The molecular formula is C29H25I2NO6S. The number of ketones is 1. The van der Waals surface area contributed by atoms with Crippen LogP contribution in [-0.2, 0) is 27.3 Å². The fourth-order valence-electron chi connectivity index (χ4n) is 3.67. The van der Waals surface area contributed by atoms with Crippen molar-refractivity contribution >= 4 is 80.3 Å². The van der Waals surface area contributed by atoms with Gasteiger partial charge in [-0.05, 0) is 101 Å². The predicted octanol–water partition coefficient (Wildman–Crippen LogP) is 6.92. The van der Waals surface area contributed by atoms with E-state index in [4.69, 9.17) is 14.2 Å². The number of carbonyl (C=O) groups excluding carboxylic acids is 3. The Morgan fingerprint density at radius 2 is 1.62 bits per heavy atom. The number of hydrogen-bond acceptors (Lipinski definition) is 8. The molecule has 2 aromatic carbocycles. The van der Waals surface area contributed by atoms with Crippen molar-refractivity contribution in [2.24, 2.45) is 0 Å². The fraction of sp³-hybridized carbons (Fsp3) is 0.241. The van der Waals surface area contributed by atoms with Crippen LogP contribution in [0, 0.1) is 25.4 Å². The van der Waals surface area contributed by atoms with E-state index in [1.807, 2.05) is 48.5 Å². The minimum Gasteiger partial charge on any atom is -0.487 e. The third kappa shape index (κ3) is 7.89. The average Bonchev–Trinajstić information content (AvgIpc) is 3.23. The van der Waals surface area contributed by atoms with Gasteiger partial charge in [-0.3, -0.25) is 4.79 Å². The van der Waals surface area contributed by atoms with Crippen molar-refractivity contribution in [2.45, 2.75) is 33.8 Å². The molecule has 0 saturated heterocycles. The van der Waals surface area contributed by atoms with Crippen LogP contribution in [0.4, 0.5) is 0 Å². The summed E-state index contributed by atoms with van der Waals surface area (Å²) in [4.78, 5) is 38.9. The Kier molecular flexibility index (Phi) is 11.5. The van der Waals surface area contributed by atoms with Gasteiger partial charge in [0.2, 0.25) is 0 Å². The van der Waals surface area contributed by atoms with Gasteiger partial charge in [0.1, 0.15) is 23.3 Å². The number of ether oxygens (including phenoxy) is 3. The molecule has 0 aliphatic carbocycles. The molecule has 0 radical (unpaired) electrons. The Morgan fingerprint density at radius 1 is 1.00 bits per heavy atom. The first-order valence-corrected chi connectivity index (χ1v) is 14.9. The van der Waals surface area contributed by atoms with Crippen molar-refractivity contribution in [3.8, 4) is 11.8 Å². The van der Waals surface area contributed by atoms with Gasteiger partial charge in [-0.25, -0.2) is 9.59 Å². The number of hydrogen-bond donors (Lipinski definition) is 0. The van der Waals surface area contributed by atoms with Crippen LogP contribution in [0.2, 0.25) is 0 Å². The number of allylic oxidation sites excluding steroid dienone is 1. The molecule has 10 heteroatoms. The zero-order valence-corrected chi connectivity index (χ0v) is 26.6. The molecule has 0 bridgehead atoms. The maximum absolute atomic E-state index is 13.2. The van der Waals surface area contributed by atoms with Crippen LogP contribution >= 0.6 is 56.5 Å². The molecule has 0 atom stereocenters. The first-order chi connectivity index (χ1) is 18.7. The number of thiophene rings is 1. The number of benzene rings is 2. The summed E-state index contributed by atoms with van der Waals surface area (Å²) >= 11 is 5.34. The van der Waals surface area contributed by atoms with Crippen LogP contribution in [0.5, 0.6) is 5.75 Å². The van der Waals surface area contributed by atoms with Gasteiger partial charge in [0, 0.05) is 11.3 Å². The lowest BCUT2D eigenvalue weighted by atomic mass is 10.0. The van der Waals surface area contributed by atoms with Gasteiger partial charge in [-0.2, -0.15) is 5.26 Å². The third-order valence-electron chi connectivity index (χ3n) is 5.46. The quantitative estimate of drug-likeness (QED) is 0.0904. The van der Waals surface area contributed by atoms with E-state index in [-0.39, 0.29) is 35.6 Å². The molecule has 0 fully saturated rings. The lowest BCUT2D eigenvalue weighted by Crippen LogP contribution is -2.12. The molecule has 0 spiro atoms. The van der Waals surface area contributed by atoms with E-state index in [0.29, 0.717) is 22.6 Å². The van der Waals surface area contributed by atoms with Crippen LogP contribution in [0.3, 0.4) is 0 Å². The van der Waals surface area contributed by atoms with Crippen LogP contribution in [0.25, 0.3) is 6.08 Å². The fourth-order valence-corrected chi connectivity index (χ4v) is 6.99. The summed E-state index contributed by atoms with van der Waals surface area (Å²) in [5.74, 6) is -0.947. The zero-order chi connectivity index (χ0) is 28.5. The SMILES string of the molecule is CCOC(=O)c1sc(CC(=O)/C(C#N)=C/c2cc(I)c(OCc3ccccc3)c(I)c2)c(C(=O)OCC)c1C. The average molecular weight is 769 g/mol. The molecule has 0 saturated carbocycles. The standard InChI is InChI=1S/C29H25I2NO6S/c1-4-36-28(34)25-17(3)27(29(35)37-5-2)39-24(25)14-23(33)20(15-32)11-19-12-21(30)26(22(31)13-19)38-16-18-9-7-6-8-10-18/h6-13H,4-5,14,16H2,1-3H3/b20-11+. The van der Waals surface area contributed by atoms with Crippen molar-refractivity contribution in [3.05, 3.63) is 87.2 Å². The summed E-state index contributed by atoms with van der Waals surface area (Å²) < 4.78 is 18.0. The number of Topliss-reactive ketones (excluding diaryl/α,β-unsaturated/α-hetero) is 1. The van der Waals surface area contributed by atoms with Crippen molar-refractivity contribution < 1.29 is 28.6 Å². The molecule has 7 nitrogen and oxygen atoms in total. The van der Waals surface area contributed by atoms with E-state index in [0.717, 1.165) is 29.8 Å². The molecule has 0 amide bonds. The largest absolute Gasteiger partial charge is 0.487 e. The summed E-state index contributed by atoms with van der Waals surface area (Å²) in [6.07, 6.45) is 1.29. The van der Waals surface area contributed by atoms with Crippen LogP contribution in [-0.4, -0.2) is 30.9 Å². The lowest BCUT2D eigenvalue weighted by molar-refractivity contribution is -0.114. The Morgan fingerprint density at radius 3 is 2.21 bits per heavy atom. The number of carbonyl (C=O) groups is 3. The minimum atomic E-state index is -0.623. The van der Waals surface area contributed by atoms with Crippen molar-refractivity contribution in [3.63, 3.8) is 0 Å². The zero-order valence-electron chi connectivity index (χ0n) is 21.5. The third-order valence-corrected chi connectivity index (χ3v) is 8.33. The second-order valence-electron chi connectivity index (χ2n) is 8.15. The molecule has 0 aliphatic rings. The molecule has 3 rings (SSSR count). The minimum absolute atomic E-state index is 0.0712. The smallest absolute Gasteiger partial charge is 0.348 e. The van der Waals surface area contributed by atoms with Gasteiger partial charge in [0.25, 0.3) is 0 Å². The van der Waals surface area contributed by atoms with Gasteiger partial charge in [0.15, 0.2) is 5.78 Å². The van der Waals surface area contributed by atoms with E-state index in [2.05, 4.69) is 45.2 Å². The van der Waals surface area contributed by atoms with E-state index in [1.54, 1.807) is 20.8 Å². The number of esters is 2.